The van der Waals surface area contributed by atoms with Gasteiger partial charge in [0.05, 0.1) is 7.11 Å². The van der Waals surface area contributed by atoms with Crippen molar-refractivity contribution in [2.24, 2.45) is 0 Å². The molecular weight excluding hydrogens is 474 g/mol. The Morgan fingerprint density at radius 2 is 1.71 bits per heavy atom. The van der Waals surface area contributed by atoms with Gasteiger partial charge in [-0.25, -0.2) is 13.8 Å². The summed E-state index contributed by atoms with van der Waals surface area (Å²) in [5.74, 6) is -9.93. The molecule has 4 aromatic rings. The largest absolute Gasteiger partial charge is 0.491 e. The lowest BCUT2D eigenvalue weighted by Crippen LogP contribution is -2.35. The van der Waals surface area contributed by atoms with Crippen molar-refractivity contribution >= 4 is 40.0 Å². The number of oxazole rings is 1. The molecule has 1 aromatic heterocycles. The van der Waals surface area contributed by atoms with E-state index in [1.165, 1.54) is 0 Å². The maximum absolute atomic E-state index is 14.2. The van der Waals surface area contributed by atoms with Crippen molar-refractivity contribution in [2.45, 2.75) is 6.92 Å². The molecule has 34 heavy (non-hydrogen) atoms. The Hall–Kier alpha value is -3.99. The Bertz CT molecular complexity index is 1390. The number of anilines is 1. The SMILES string of the molecule is COc1c(F)c(F)c(C(=O)NC(=S)Nc2cc(-c3nc4ccccc4o3)ccc2C)c(F)c1F. The van der Waals surface area contributed by atoms with Crippen molar-refractivity contribution in [3.8, 4) is 17.2 Å². The van der Waals surface area contributed by atoms with Crippen molar-refractivity contribution in [3.63, 3.8) is 0 Å². The lowest BCUT2D eigenvalue weighted by molar-refractivity contribution is 0.0966. The third-order valence-corrected chi connectivity index (χ3v) is 5.11. The number of ether oxygens (including phenoxy) is 1. The number of halogens is 4. The van der Waals surface area contributed by atoms with Crippen molar-refractivity contribution in [3.05, 3.63) is 76.9 Å². The van der Waals surface area contributed by atoms with Crippen LogP contribution in [0.15, 0.2) is 46.9 Å². The van der Waals surface area contributed by atoms with Gasteiger partial charge in [0, 0.05) is 11.3 Å². The van der Waals surface area contributed by atoms with Gasteiger partial charge in [-0.1, -0.05) is 18.2 Å². The molecule has 0 aliphatic carbocycles. The van der Waals surface area contributed by atoms with E-state index < -0.39 is 40.5 Å². The zero-order valence-corrected chi connectivity index (χ0v) is 18.5. The number of para-hydroxylation sites is 2. The molecule has 174 valence electrons. The van der Waals surface area contributed by atoms with Gasteiger partial charge >= 0.3 is 0 Å². The summed E-state index contributed by atoms with van der Waals surface area (Å²) < 4.78 is 66.3. The van der Waals surface area contributed by atoms with E-state index in [-0.39, 0.29) is 5.11 Å². The average Bonchev–Trinajstić information content (AvgIpc) is 3.24. The third kappa shape index (κ3) is 4.17. The first-order valence-corrected chi connectivity index (χ1v) is 10.1. The minimum Gasteiger partial charge on any atom is -0.491 e. The van der Waals surface area contributed by atoms with E-state index in [0.717, 1.165) is 7.11 Å². The fraction of sp³-hybridized carbons (Fsp3) is 0.0870. The van der Waals surface area contributed by atoms with Crippen LogP contribution in [0.4, 0.5) is 23.2 Å². The van der Waals surface area contributed by atoms with Crippen LogP contribution in [0.1, 0.15) is 15.9 Å². The minimum absolute atomic E-state index is 0.340. The monoisotopic (exact) mass is 489 g/mol. The van der Waals surface area contributed by atoms with Gasteiger partial charge in [0.2, 0.25) is 17.5 Å². The van der Waals surface area contributed by atoms with Crippen LogP contribution in [0.5, 0.6) is 5.75 Å². The summed E-state index contributed by atoms with van der Waals surface area (Å²) in [6, 6.07) is 12.4. The summed E-state index contributed by atoms with van der Waals surface area (Å²) in [5.41, 5.74) is 1.51. The molecule has 0 aliphatic heterocycles. The minimum atomic E-state index is -1.91. The zero-order valence-electron chi connectivity index (χ0n) is 17.6. The molecule has 3 aromatic carbocycles. The van der Waals surface area contributed by atoms with Crippen molar-refractivity contribution < 1.29 is 31.5 Å². The quantitative estimate of drug-likeness (QED) is 0.224. The van der Waals surface area contributed by atoms with Gasteiger partial charge < -0.3 is 14.5 Å². The van der Waals surface area contributed by atoms with Crippen molar-refractivity contribution in [1.82, 2.24) is 10.3 Å². The average molecular weight is 489 g/mol. The molecule has 0 fully saturated rings. The number of aromatic nitrogens is 1. The third-order valence-electron chi connectivity index (χ3n) is 4.91. The van der Waals surface area contributed by atoms with E-state index in [1.807, 2.05) is 17.4 Å². The van der Waals surface area contributed by atoms with Crippen LogP contribution < -0.4 is 15.4 Å². The molecule has 0 bridgehead atoms. The second-order valence-electron chi connectivity index (χ2n) is 7.09. The predicted octanol–water partition coefficient (Wildman–Crippen LogP) is 5.50. The maximum Gasteiger partial charge on any atom is 0.263 e. The number of nitrogens with zero attached hydrogens (tertiary/aromatic N) is 1. The van der Waals surface area contributed by atoms with Gasteiger partial charge in [-0.3, -0.25) is 10.1 Å². The van der Waals surface area contributed by atoms with E-state index >= 15 is 0 Å². The Labute approximate surface area is 195 Å². The lowest BCUT2D eigenvalue weighted by atomic mass is 10.1. The molecule has 0 spiro atoms. The van der Waals surface area contributed by atoms with Crippen LogP contribution >= 0.6 is 12.2 Å². The van der Waals surface area contributed by atoms with E-state index in [4.69, 9.17) is 16.6 Å². The summed E-state index contributed by atoms with van der Waals surface area (Å²) in [4.78, 5) is 16.8. The number of hydrogen-bond acceptors (Lipinski definition) is 5. The fourth-order valence-corrected chi connectivity index (χ4v) is 3.40. The highest BCUT2D eigenvalue weighted by atomic mass is 32.1. The molecule has 4 rings (SSSR count). The normalized spacial score (nSPS) is 10.9. The second-order valence-corrected chi connectivity index (χ2v) is 7.50. The van der Waals surface area contributed by atoms with Crippen LogP contribution in [0.25, 0.3) is 22.6 Å². The Balaban J connectivity index is 1.57. The number of thiocarbonyl (C=S) groups is 1. The number of amides is 1. The Kier molecular flexibility index (Phi) is 6.20. The van der Waals surface area contributed by atoms with Gasteiger partial charge in [-0.2, -0.15) is 8.78 Å². The van der Waals surface area contributed by atoms with Gasteiger partial charge in [0.15, 0.2) is 28.1 Å². The maximum atomic E-state index is 14.2. The molecule has 0 saturated heterocycles. The van der Waals surface area contributed by atoms with Crippen molar-refractivity contribution in [1.29, 1.82) is 0 Å². The molecule has 6 nitrogen and oxygen atoms in total. The van der Waals surface area contributed by atoms with E-state index in [0.29, 0.717) is 33.8 Å². The van der Waals surface area contributed by atoms with E-state index in [2.05, 4.69) is 15.0 Å². The molecule has 0 saturated carbocycles. The van der Waals surface area contributed by atoms with Crippen LogP contribution in [0.3, 0.4) is 0 Å². The highest BCUT2D eigenvalue weighted by molar-refractivity contribution is 7.80. The van der Waals surface area contributed by atoms with Gasteiger partial charge in [0.25, 0.3) is 5.91 Å². The summed E-state index contributed by atoms with van der Waals surface area (Å²) >= 11 is 5.05. The number of rotatable bonds is 4. The first-order chi connectivity index (χ1) is 16.2. The number of methoxy groups -OCH3 is 1. The standard InChI is InChI=1S/C23H15F4N3O3S/c1-10-7-8-11(22-28-12-5-3-4-6-14(12)33-22)9-13(10)29-23(34)30-21(31)15-16(24)18(26)20(32-2)19(27)17(15)25/h3-9H,1-2H3,(H2,29,30,31,34). The molecule has 0 atom stereocenters. The van der Waals surface area contributed by atoms with Gasteiger partial charge in [0.1, 0.15) is 11.1 Å². The number of carbonyl (C=O) groups is 1. The summed E-state index contributed by atoms with van der Waals surface area (Å²) in [5, 5.41) is 4.37. The Morgan fingerprint density at radius 3 is 2.35 bits per heavy atom. The van der Waals surface area contributed by atoms with E-state index in [9.17, 15) is 22.4 Å². The van der Waals surface area contributed by atoms with Crippen molar-refractivity contribution in [2.75, 3.05) is 12.4 Å². The number of aryl methyl sites for hydroxylation is 1. The summed E-state index contributed by atoms with van der Waals surface area (Å²) in [6.07, 6.45) is 0. The predicted molar refractivity (Wildman–Crippen MR) is 121 cm³/mol. The first kappa shape index (κ1) is 23.2. The molecule has 1 heterocycles. The molecule has 0 unspecified atom stereocenters. The number of fused-ring (bicyclic) bond motifs is 1. The first-order valence-electron chi connectivity index (χ1n) is 9.70. The number of benzene rings is 3. The van der Waals surface area contributed by atoms with E-state index in [1.54, 1.807) is 37.3 Å². The topological polar surface area (TPSA) is 76.4 Å². The molecule has 1 amide bonds. The van der Waals surface area contributed by atoms with Gasteiger partial charge in [-0.05, 0) is 49.0 Å². The zero-order chi connectivity index (χ0) is 24.6. The number of nitrogens with one attached hydrogen (secondary N) is 2. The van der Waals surface area contributed by atoms with Crippen LogP contribution in [-0.2, 0) is 0 Å². The summed E-state index contributed by atoms with van der Waals surface area (Å²) in [6.45, 7) is 1.75. The molecule has 11 heteroatoms. The smallest absolute Gasteiger partial charge is 0.263 e. The highest BCUT2D eigenvalue weighted by Gasteiger charge is 2.30. The molecule has 2 N–H and O–H groups in total. The fourth-order valence-electron chi connectivity index (χ4n) is 3.19. The van der Waals surface area contributed by atoms with Crippen LogP contribution in [-0.4, -0.2) is 23.1 Å². The summed E-state index contributed by atoms with van der Waals surface area (Å²) in [7, 11) is 0.830. The van der Waals surface area contributed by atoms with Gasteiger partial charge in [-0.15, -0.1) is 0 Å². The molecular formula is C23H15F4N3O3S. The number of hydrogen-bond donors (Lipinski definition) is 2. The molecule has 0 aliphatic rings. The second kappa shape index (κ2) is 9.10. The Morgan fingerprint density at radius 1 is 1.03 bits per heavy atom. The van der Waals surface area contributed by atoms with Crippen LogP contribution in [0, 0.1) is 30.2 Å². The molecule has 0 radical (unpaired) electrons. The number of carbonyl (C=O) groups excluding carboxylic acids is 1. The highest BCUT2D eigenvalue weighted by Crippen LogP contribution is 2.30. The lowest BCUT2D eigenvalue weighted by Gasteiger charge is -2.14. The van der Waals surface area contributed by atoms with Crippen LogP contribution in [0.2, 0.25) is 0 Å².